The van der Waals surface area contributed by atoms with Gasteiger partial charge >= 0.3 is 0 Å². The van der Waals surface area contributed by atoms with Crippen LogP contribution in [-0.4, -0.2) is 7.38 Å². The normalized spacial score (nSPS) is 13.8. The summed E-state index contributed by atoms with van der Waals surface area (Å²) in [6, 6.07) is 10.3. The Hall–Kier alpha value is -0.533. The molecule has 0 radical (unpaired) electrons. The van der Waals surface area contributed by atoms with Gasteiger partial charge < -0.3 is 0 Å². The summed E-state index contributed by atoms with van der Waals surface area (Å²) < 4.78 is 0. The van der Waals surface area contributed by atoms with Crippen LogP contribution in [0.5, 0.6) is 0 Å². The molecule has 1 atom stereocenters. The second-order valence-corrected chi connectivity index (χ2v) is 10.4. The second-order valence-electron chi connectivity index (χ2n) is 3.69. The number of rotatable bonds is 3. The Morgan fingerprint density at radius 2 is 1.85 bits per heavy atom. The van der Waals surface area contributed by atoms with Crippen molar-refractivity contribution in [3.8, 4) is 0 Å². The van der Waals surface area contributed by atoms with Gasteiger partial charge in [-0.05, 0) is 5.56 Å². The van der Waals surface area contributed by atoms with Gasteiger partial charge in [-0.15, -0.1) is 6.58 Å². The standard InChI is InChI=1S/C11H15ClSi/c1-4-11(13(2,3)12)10-8-6-5-7-9-10/h4-9,11H,1H2,2-3H3. The van der Waals surface area contributed by atoms with Crippen LogP contribution >= 0.6 is 11.1 Å². The Kier molecular flexibility index (Phi) is 3.34. The number of allylic oxidation sites excluding steroid dienone is 1. The largest absolute Gasteiger partial charge is 0.167 e. The number of hydrogen-bond donors (Lipinski definition) is 0. The van der Waals surface area contributed by atoms with E-state index < -0.39 is 7.38 Å². The van der Waals surface area contributed by atoms with Crippen molar-refractivity contribution in [1.29, 1.82) is 0 Å². The van der Waals surface area contributed by atoms with Gasteiger partial charge in [0, 0.05) is 5.54 Å². The Morgan fingerprint density at radius 1 is 1.31 bits per heavy atom. The van der Waals surface area contributed by atoms with Crippen LogP contribution in [0.1, 0.15) is 11.1 Å². The van der Waals surface area contributed by atoms with Crippen LogP contribution in [0.2, 0.25) is 13.1 Å². The van der Waals surface area contributed by atoms with Gasteiger partial charge in [-0.3, -0.25) is 0 Å². The maximum Gasteiger partial charge on any atom is 0.161 e. The van der Waals surface area contributed by atoms with Gasteiger partial charge in [-0.1, -0.05) is 49.5 Å². The van der Waals surface area contributed by atoms with Crippen LogP contribution in [0.3, 0.4) is 0 Å². The molecule has 0 aromatic heterocycles. The molecule has 1 aromatic carbocycles. The highest BCUT2D eigenvalue weighted by Gasteiger charge is 2.28. The van der Waals surface area contributed by atoms with Crippen LogP contribution in [0, 0.1) is 0 Å². The topological polar surface area (TPSA) is 0 Å². The third-order valence-electron chi connectivity index (χ3n) is 2.13. The van der Waals surface area contributed by atoms with Crippen LogP contribution < -0.4 is 0 Å². The fraction of sp³-hybridized carbons (Fsp3) is 0.273. The van der Waals surface area contributed by atoms with E-state index in [1.807, 2.05) is 24.3 Å². The minimum absolute atomic E-state index is 0.343. The van der Waals surface area contributed by atoms with Gasteiger partial charge in [-0.2, -0.15) is 11.1 Å². The Morgan fingerprint density at radius 3 is 2.23 bits per heavy atom. The molecule has 1 unspecified atom stereocenters. The zero-order valence-corrected chi connectivity index (χ0v) is 9.88. The number of benzene rings is 1. The summed E-state index contributed by atoms with van der Waals surface area (Å²) in [5.74, 6) is 0. The number of hydrogen-bond acceptors (Lipinski definition) is 0. The molecule has 0 aliphatic carbocycles. The van der Waals surface area contributed by atoms with Crippen molar-refractivity contribution in [2.75, 3.05) is 0 Å². The third kappa shape index (κ3) is 2.71. The second kappa shape index (κ2) is 4.12. The van der Waals surface area contributed by atoms with E-state index in [9.17, 15) is 0 Å². The fourth-order valence-corrected chi connectivity index (χ4v) is 3.66. The van der Waals surface area contributed by atoms with Crippen molar-refractivity contribution >= 4 is 18.5 Å². The average molecular weight is 211 g/mol. The summed E-state index contributed by atoms with van der Waals surface area (Å²) in [6.07, 6.45) is 1.97. The number of halogens is 1. The highest BCUT2D eigenvalue weighted by molar-refractivity contribution is 7.19. The summed E-state index contributed by atoms with van der Waals surface area (Å²) in [5.41, 5.74) is 1.62. The van der Waals surface area contributed by atoms with Crippen LogP contribution in [0.15, 0.2) is 43.0 Å². The minimum atomic E-state index is -1.67. The van der Waals surface area contributed by atoms with Crippen molar-refractivity contribution in [2.24, 2.45) is 0 Å². The quantitative estimate of drug-likeness (QED) is 0.403. The molecule has 0 fully saturated rings. The van der Waals surface area contributed by atoms with Gasteiger partial charge in [0.2, 0.25) is 0 Å². The fourth-order valence-electron chi connectivity index (χ4n) is 1.47. The van der Waals surface area contributed by atoms with Crippen molar-refractivity contribution < 1.29 is 0 Å². The van der Waals surface area contributed by atoms with Crippen molar-refractivity contribution in [3.63, 3.8) is 0 Å². The van der Waals surface area contributed by atoms with Crippen LogP contribution in [0.4, 0.5) is 0 Å². The van der Waals surface area contributed by atoms with Crippen molar-refractivity contribution in [3.05, 3.63) is 48.6 Å². The van der Waals surface area contributed by atoms with E-state index in [1.165, 1.54) is 5.56 Å². The summed E-state index contributed by atoms with van der Waals surface area (Å²) in [4.78, 5) is 0. The third-order valence-corrected chi connectivity index (χ3v) is 4.89. The van der Waals surface area contributed by atoms with E-state index in [2.05, 4.69) is 31.8 Å². The molecule has 0 saturated carbocycles. The first-order valence-electron chi connectivity index (χ1n) is 4.42. The molecule has 0 saturated heterocycles. The molecule has 0 amide bonds. The van der Waals surface area contributed by atoms with Gasteiger partial charge in [0.25, 0.3) is 0 Å². The van der Waals surface area contributed by atoms with E-state index in [-0.39, 0.29) is 0 Å². The molecule has 1 aromatic rings. The molecule has 1 rings (SSSR count). The molecule has 70 valence electrons. The molecule has 0 aliphatic heterocycles. The highest BCUT2D eigenvalue weighted by Crippen LogP contribution is 2.30. The summed E-state index contributed by atoms with van der Waals surface area (Å²) >= 11 is 6.40. The molecule has 0 spiro atoms. The molecule has 2 heteroatoms. The first-order valence-corrected chi connectivity index (χ1v) is 8.51. The molecule has 13 heavy (non-hydrogen) atoms. The summed E-state index contributed by atoms with van der Waals surface area (Å²) in [7, 11) is -1.67. The van der Waals surface area contributed by atoms with Crippen molar-refractivity contribution in [1.82, 2.24) is 0 Å². The first kappa shape index (κ1) is 10.5. The molecule has 0 nitrogen and oxygen atoms in total. The Labute approximate surface area is 86.0 Å². The first-order chi connectivity index (χ1) is 6.05. The molecular weight excluding hydrogens is 196 g/mol. The smallest absolute Gasteiger partial charge is 0.161 e. The van der Waals surface area contributed by atoms with Crippen LogP contribution in [-0.2, 0) is 0 Å². The molecule has 0 heterocycles. The average Bonchev–Trinajstić information content (AvgIpc) is 2.05. The van der Waals surface area contributed by atoms with Gasteiger partial charge in [-0.25, -0.2) is 0 Å². The zero-order valence-electron chi connectivity index (χ0n) is 8.13. The monoisotopic (exact) mass is 210 g/mol. The maximum atomic E-state index is 6.40. The Balaban J connectivity index is 2.99. The predicted octanol–water partition coefficient (Wildman–Crippen LogP) is 3.94. The highest BCUT2D eigenvalue weighted by atomic mass is 35.6. The lowest BCUT2D eigenvalue weighted by Crippen LogP contribution is -2.26. The predicted molar refractivity (Wildman–Crippen MR) is 62.7 cm³/mol. The lowest BCUT2D eigenvalue weighted by molar-refractivity contribution is 1.16. The van der Waals surface area contributed by atoms with E-state index in [0.717, 1.165) is 0 Å². The van der Waals surface area contributed by atoms with Crippen LogP contribution in [0.25, 0.3) is 0 Å². The summed E-state index contributed by atoms with van der Waals surface area (Å²) in [5, 5.41) is 0. The SMILES string of the molecule is C=CC(c1ccccc1)[Si](C)(C)Cl. The Bertz CT molecular complexity index is 274. The lowest BCUT2D eigenvalue weighted by atomic mass is 10.1. The van der Waals surface area contributed by atoms with Gasteiger partial charge in [0.05, 0.1) is 0 Å². The van der Waals surface area contributed by atoms with E-state index >= 15 is 0 Å². The zero-order chi connectivity index (χ0) is 9.90. The van der Waals surface area contributed by atoms with E-state index in [0.29, 0.717) is 5.54 Å². The molecule has 0 aliphatic rings. The molecular formula is C11H15ClSi. The van der Waals surface area contributed by atoms with Gasteiger partial charge in [0.1, 0.15) is 0 Å². The molecule has 0 bridgehead atoms. The minimum Gasteiger partial charge on any atom is -0.167 e. The molecule has 0 N–H and O–H groups in total. The van der Waals surface area contributed by atoms with E-state index in [1.54, 1.807) is 0 Å². The lowest BCUT2D eigenvalue weighted by Gasteiger charge is -2.23. The summed E-state index contributed by atoms with van der Waals surface area (Å²) in [6.45, 7) is 8.15. The van der Waals surface area contributed by atoms with Crippen molar-refractivity contribution in [2.45, 2.75) is 18.6 Å². The van der Waals surface area contributed by atoms with E-state index in [4.69, 9.17) is 11.1 Å². The van der Waals surface area contributed by atoms with Gasteiger partial charge in [0.15, 0.2) is 7.38 Å². The maximum absolute atomic E-state index is 6.40.